The van der Waals surface area contributed by atoms with Gasteiger partial charge in [-0.1, -0.05) is 73.1 Å². The highest BCUT2D eigenvalue weighted by molar-refractivity contribution is 5.29. The van der Waals surface area contributed by atoms with Gasteiger partial charge in [0.1, 0.15) is 0 Å². The predicted octanol–water partition coefficient (Wildman–Crippen LogP) is 6.54. The van der Waals surface area contributed by atoms with Crippen LogP contribution in [-0.4, -0.2) is 0 Å². The van der Waals surface area contributed by atoms with Gasteiger partial charge in [-0.3, -0.25) is 0 Å². The summed E-state index contributed by atoms with van der Waals surface area (Å²) in [5.74, 6) is 0. The second-order valence-electron chi connectivity index (χ2n) is 6.62. The fourth-order valence-corrected chi connectivity index (χ4v) is 2.88. The molecule has 0 saturated heterocycles. The topological polar surface area (TPSA) is 0 Å². The van der Waals surface area contributed by atoms with Crippen LogP contribution in [0.25, 0.3) is 0 Å². The summed E-state index contributed by atoms with van der Waals surface area (Å²) < 4.78 is 0. The van der Waals surface area contributed by atoms with Gasteiger partial charge < -0.3 is 0 Å². The van der Waals surface area contributed by atoms with Gasteiger partial charge in [0.25, 0.3) is 0 Å². The van der Waals surface area contributed by atoms with E-state index in [0.717, 1.165) is 6.42 Å². The maximum Gasteiger partial charge on any atom is -0.0125 e. The molecule has 0 fully saturated rings. The van der Waals surface area contributed by atoms with Crippen molar-refractivity contribution in [1.29, 1.82) is 0 Å². The first-order valence-electron chi connectivity index (χ1n) is 7.70. The van der Waals surface area contributed by atoms with Crippen molar-refractivity contribution in [3.8, 4) is 0 Å². The van der Waals surface area contributed by atoms with E-state index in [4.69, 9.17) is 0 Å². The Kier molecular flexibility index (Phi) is 6.26. The highest BCUT2D eigenvalue weighted by Gasteiger charge is 2.27. The highest BCUT2D eigenvalue weighted by Crippen LogP contribution is 2.41. The van der Waals surface area contributed by atoms with Crippen LogP contribution in [0.1, 0.15) is 60.3 Å². The van der Waals surface area contributed by atoms with E-state index < -0.39 is 0 Å². The Morgan fingerprint density at radius 3 is 2.55 bits per heavy atom. The van der Waals surface area contributed by atoms with Crippen LogP contribution in [-0.2, 0) is 0 Å². The number of rotatable bonds is 5. The van der Waals surface area contributed by atoms with E-state index in [2.05, 4.69) is 65.5 Å². The van der Waals surface area contributed by atoms with Crippen LogP contribution in [0.2, 0.25) is 0 Å². The molecule has 1 aliphatic rings. The van der Waals surface area contributed by atoms with Gasteiger partial charge in [-0.2, -0.15) is 0 Å². The molecular weight excluding hydrogens is 240 g/mol. The van der Waals surface area contributed by atoms with Gasteiger partial charge in [-0.25, -0.2) is 0 Å². The largest absolute Gasteiger partial charge is 0.0988 e. The summed E-state index contributed by atoms with van der Waals surface area (Å²) >= 11 is 0. The second-order valence-corrected chi connectivity index (χ2v) is 6.62. The Morgan fingerprint density at radius 2 is 1.95 bits per heavy atom. The van der Waals surface area contributed by atoms with E-state index in [1.807, 2.05) is 6.08 Å². The molecule has 0 saturated carbocycles. The van der Waals surface area contributed by atoms with E-state index >= 15 is 0 Å². The lowest BCUT2D eigenvalue weighted by atomic mass is 9.71. The molecule has 0 aromatic heterocycles. The van der Waals surface area contributed by atoms with Crippen LogP contribution >= 0.6 is 0 Å². The fraction of sp³-hybridized carbons (Fsp3) is 0.500. The van der Waals surface area contributed by atoms with Gasteiger partial charge in [0.05, 0.1) is 0 Å². The van der Waals surface area contributed by atoms with Gasteiger partial charge in [-0.15, -0.1) is 0 Å². The van der Waals surface area contributed by atoms with Crippen LogP contribution in [0.5, 0.6) is 0 Å². The molecule has 0 bridgehead atoms. The van der Waals surface area contributed by atoms with Crippen molar-refractivity contribution >= 4 is 0 Å². The molecule has 0 heterocycles. The van der Waals surface area contributed by atoms with Crippen LogP contribution < -0.4 is 0 Å². The van der Waals surface area contributed by atoms with Crippen LogP contribution in [0.4, 0.5) is 0 Å². The summed E-state index contributed by atoms with van der Waals surface area (Å²) in [5.41, 5.74) is 6.16. The van der Waals surface area contributed by atoms with Gasteiger partial charge in [0.2, 0.25) is 0 Å². The van der Waals surface area contributed by atoms with Gasteiger partial charge in [0.15, 0.2) is 0 Å². The van der Waals surface area contributed by atoms with Crippen molar-refractivity contribution in [2.24, 2.45) is 5.41 Å². The average molecular weight is 270 g/mol. The molecule has 0 spiro atoms. The van der Waals surface area contributed by atoms with Crippen molar-refractivity contribution in [3.63, 3.8) is 0 Å². The van der Waals surface area contributed by atoms with Crippen molar-refractivity contribution in [2.75, 3.05) is 0 Å². The summed E-state index contributed by atoms with van der Waals surface area (Å²) in [7, 11) is 0. The molecular formula is C20H30. The quantitative estimate of drug-likeness (QED) is 0.393. The predicted molar refractivity (Wildman–Crippen MR) is 91.8 cm³/mol. The lowest BCUT2D eigenvalue weighted by Gasteiger charge is -2.34. The molecule has 20 heavy (non-hydrogen) atoms. The molecule has 0 aromatic carbocycles. The van der Waals surface area contributed by atoms with Gasteiger partial charge in [0, 0.05) is 0 Å². The molecule has 0 atom stereocenters. The molecule has 0 aromatic rings. The van der Waals surface area contributed by atoms with E-state index in [1.165, 1.54) is 30.4 Å². The molecule has 0 heteroatoms. The highest BCUT2D eigenvalue weighted by atomic mass is 14.3. The first-order valence-corrected chi connectivity index (χ1v) is 7.70. The van der Waals surface area contributed by atoms with Crippen molar-refractivity contribution < 1.29 is 0 Å². The zero-order valence-electron chi connectivity index (χ0n) is 13.9. The smallest absolute Gasteiger partial charge is 0.0125 e. The fourth-order valence-electron chi connectivity index (χ4n) is 2.88. The standard InChI is InChI=1S/C20H30/c1-7-16(2)10-8-11-17(3)13-14-19-18(4)12-9-15-20(19,5)6/h7-8,10-11,13H,1,9,12,14-15H2,2-6H3/b11-8+,16-10+,17-13+. The summed E-state index contributed by atoms with van der Waals surface area (Å²) in [5, 5.41) is 0. The summed E-state index contributed by atoms with van der Waals surface area (Å²) in [6.45, 7) is 15.1. The third kappa shape index (κ3) is 5.00. The maximum absolute atomic E-state index is 3.76. The molecule has 1 aliphatic carbocycles. The molecule has 0 unspecified atom stereocenters. The Balaban J connectivity index is 2.74. The first kappa shape index (κ1) is 16.8. The maximum atomic E-state index is 3.76. The summed E-state index contributed by atoms with van der Waals surface area (Å²) in [6, 6.07) is 0. The summed E-state index contributed by atoms with van der Waals surface area (Å²) in [4.78, 5) is 0. The summed E-state index contributed by atoms with van der Waals surface area (Å²) in [6.07, 6.45) is 15.7. The Hall–Kier alpha value is -1.30. The van der Waals surface area contributed by atoms with E-state index in [1.54, 1.807) is 11.1 Å². The van der Waals surface area contributed by atoms with E-state index in [9.17, 15) is 0 Å². The van der Waals surface area contributed by atoms with E-state index in [-0.39, 0.29) is 0 Å². The van der Waals surface area contributed by atoms with Gasteiger partial charge >= 0.3 is 0 Å². The van der Waals surface area contributed by atoms with Crippen molar-refractivity contribution in [3.05, 3.63) is 59.3 Å². The third-order valence-corrected chi connectivity index (χ3v) is 4.35. The monoisotopic (exact) mass is 270 g/mol. The van der Waals surface area contributed by atoms with Crippen molar-refractivity contribution in [1.82, 2.24) is 0 Å². The van der Waals surface area contributed by atoms with Crippen molar-refractivity contribution in [2.45, 2.75) is 60.3 Å². The average Bonchev–Trinajstić information content (AvgIpc) is 2.37. The minimum absolute atomic E-state index is 0.377. The SMILES string of the molecule is C=C/C(C)=C/C=C/C(C)=C/CC1=C(C)CCCC1(C)C. The normalized spacial score (nSPS) is 20.6. The van der Waals surface area contributed by atoms with Crippen LogP contribution in [0.15, 0.2) is 59.3 Å². The number of allylic oxidation sites excluding steroid dienone is 9. The van der Waals surface area contributed by atoms with Gasteiger partial charge in [-0.05, 0) is 51.9 Å². The molecule has 0 N–H and O–H groups in total. The Bertz CT molecular complexity index is 464. The van der Waals surface area contributed by atoms with Crippen LogP contribution in [0, 0.1) is 5.41 Å². The first-order chi connectivity index (χ1) is 9.36. The minimum Gasteiger partial charge on any atom is -0.0988 e. The zero-order chi connectivity index (χ0) is 15.2. The van der Waals surface area contributed by atoms with Crippen LogP contribution in [0.3, 0.4) is 0 Å². The zero-order valence-corrected chi connectivity index (χ0v) is 13.9. The lowest BCUT2D eigenvalue weighted by molar-refractivity contribution is 0.360. The molecule has 1 rings (SSSR count). The number of hydrogen-bond acceptors (Lipinski definition) is 0. The Morgan fingerprint density at radius 1 is 1.25 bits per heavy atom. The lowest BCUT2D eigenvalue weighted by Crippen LogP contribution is -2.20. The Labute approximate surface area is 125 Å². The molecule has 0 radical (unpaired) electrons. The second kappa shape index (κ2) is 7.47. The van der Waals surface area contributed by atoms with E-state index in [0.29, 0.717) is 5.41 Å². The molecule has 110 valence electrons. The third-order valence-electron chi connectivity index (χ3n) is 4.35. The number of hydrogen-bond donors (Lipinski definition) is 0. The molecule has 0 amide bonds. The molecule has 0 aliphatic heterocycles. The minimum atomic E-state index is 0.377. The molecule has 0 nitrogen and oxygen atoms in total.